The third-order valence-corrected chi connectivity index (χ3v) is 2.54. The molecule has 1 aromatic rings. The van der Waals surface area contributed by atoms with Gasteiger partial charge in [-0.25, -0.2) is 0 Å². The molecule has 0 fully saturated rings. The second kappa shape index (κ2) is 4.38. The van der Waals surface area contributed by atoms with Gasteiger partial charge in [-0.3, -0.25) is 14.9 Å². The molecular weight excluding hydrogens is 228 g/mol. The van der Waals surface area contributed by atoms with Gasteiger partial charge >= 0.3 is 5.97 Å². The predicted molar refractivity (Wildman–Crippen MR) is 58.8 cm³/mol. The van der Waals surface area contributed by atoms with Crippen LogP contribution in [-0.2, 0) is 4.79 Å². The molecule has 7 nitrogen and oxygen atoms in total. The molecule has 1 atom stereocenters. The number of benzene rings is 1. The van der Waals surface area contributed by atoms with E-state index in [4.69, 9.17) is 10.8 Å². The maximum absolute atomic E-state index is 10.8. The zero-order valence-corrected chi connectivity index (χ0v) is 9.30. The number of aryl methyl sites for hydroxylation is 1. The minimum atomic E-state index is -1.49. The van der Waals surface area contributed by atoms with Crippen LogP contribution < -0.4 is 5.73 Å². The number of aromatic hydroxyl groups is 1. The van der Waals surface area contributed by atoms with Gasteiger partial charge in [-0.15, -0.1) is 0 Å². The number of nitrogens with two attached hydrogens (primary N) is 1. The van der Waals surface area contributed by atoms with Crippen LogP contribution in [0.3, 0.4) is 0 Å². The molecule has 0 aliphatic carbocycles. The van der Waals surface area contributed by atoms with Crippen molar-refractivity contribution in [2.24, 2.45) is 5.73 Å². The van der Waals surface area contributed by atoms with Crippen LogP contribution in [0.25, 0.3) is 0 Å². The van der Waals surface area contributed by atoms with Gasteiger partial charge in [-0.2, -0.15) is 0 Å². The first-order valence-electron chi connectivity index (χ1n) is 4.73. The summed E-state index contributed by atoms with van der Waals surface area (Å²) in [6.07, 6.45) is 0. The molecular formula is C10H12N2O5. The molecule has 1 rings (SSSR count). The summed E-state index contributed by atoms with van der Waals surface area (Å²) in [4.78, 5) is 20.9. The van der Waals surface area contributed by atoms with E-state index in [1.54, 1.807) is 0 Å². The summed E-state index contributed by atoms with van der Waals surface area (Å²) < 4.78 is 0. The predicted octanol–water partition coefficient (Wildman–Crippen LogP) is 1.00. The maximum Gasteiger partial charge on any atom is 0.325 e. The molecule has 0 spiro atoms. The monoisotopic (exact) mass is 240 g/mol. The average Bonchev–Trinajstić information content (AvgIpc) is 2.22. The van der Waals surface area contributed by atoms with E-state index in [0.29, 0.717) is 0 Å². The van der Waals surface area contributed by atoms with Gasteiger partial charge in [0.1, 0.15) is 11.8 Å². The Morgan fingerprint density at radius 2 is 2.06 bits per heavy atom. The highest BCUT2D eigenvalue weighted by Crippen LogP contribution is 2.35. The number of aliphatic carboxylic acids is 1. The number of hydrogen-bond donors (Lipinski definition) is 3. The lowest BCUT2D eigenvalue weighted by atomic mass is 9.96. The lowest BCUT2D eigenvalue weighted by Crippen LogP contribution is -2.22. The van der Waals surface area contributed by atoms with Crippen molar-refractivity contribution >= 4 is 11.7 Å². The summed E-state index contributed by atoms with van der Waals surface area (Å²) in [6, 6.07) is -0.309. The van der Waals surface area contributed by atoms with E-state index in [0.717, 1.165) is 0 Å². The van der Waals surface area contributed by atoms with Crippen LogP contribution in [0, 0.1) is 24.0 Å². The van der Waals surface area contributed by atoms with E-state index < -0.39 is 16.9 Å². The molecule has 0 aliphatic heterocycles. The van der Waals surface area contributed by atoms with Crippen molar-refractivity contribution in [3.8, 4) is 5.75 Å². The highest BCUT2D eigenvalue weighted by Gasteiger charge is 2.27. The fourth-order valence-electron chi connectivity index (χ4n) is 1.60. The zero-order chi connectivity index (χ0) is 13.3. The van der Waals surface area contributed by atoms with Crippen molar-refractivity contribution in [2.45, 2.75) is 19.9 Å². The average molecular weight is 240 g/mol. The molecule has 7 heteroatoms. The molecule has 0 bridgehead atoms. The molecule has 0 amide bonds. The highest BCUT2D eigenvalue weighted by molar-refractivity contribution is 5.78. The van der Waals surface area contributed by atoms with Crippen LogP contribution in [0.15, 0.2) is 6.07 Å². The van der Waals surface area contributed by atoms with Gasteiger partial charge in [-0.1, -0.05) is 0 Å². The number of phenolic OH excluding ortho intramolecular Hbond substituents is 1. The summed E-state index contributed by atoms with van der Waals surface area (Å²) in [6.45, 7) is 2.80. The van der Waals surface area contributed by atoms with Gasteiger partial charge in [-0.05, 0) is 19.4 Å². The first-order chi connectivity index (χ1) is 7.77. The second-order valence-corrected chi connectivity index (χ2v) is 3.67. The van der Waals surface area contributed by atoms with Crippen LogP contribution >= 0.6 is 0 Å². The number of hydrogen-bond acceptors (Lipinski definition) is 5. The SMILES string of the molecule is Cc1cc([N+](=O)[O-])c(C)c([C@H](N)C(=O)O)c1O. The van der Waals surface area contributed by atoms with E-state index in [1.807, 2.05) is 0 Å². The van der Waals surface area contributed by atoms with E-state index in [2.05, 4.69) is 0 Å². The van der Waals surface area contributed by atoms with E-state index in [-0.39, 0.29) is 28.1 Å². The van der Waals surface area contributed by atoms with Crippen molar-refractivity contribution < 1.29 is 19.9 Å². The largest absolute Gasteiger partial charge is 0.507 e. The summed E-state index contributed by atoms with van der Waals surface area (Å²) in [7, 11) is 0. The van der Waals surface area contributed by atoms with Crippen LogP contribution in [0.5, 0.6) is 5.75 Å². The van der Waals surface area contributed by atoms with Crippen molar-refractivity contribution in [1.82, 2.24) is 0 Å². The molecule has 4 N–H and O–H groups in total. The van der Waals surface area contributed by atoms with Gasteiger partial charge in [0.15, 0.2) is 0 Å². The number of nitro groups is 1. The maximum atomic E-state index is 10.8. The summed E-state index contributed by atoms with van der Waals surface area (Å²) in [5.74, 6) is -1.67. The minimum absolute atomic E-state index is 0.0630. The van der Waals surface area contributed by atoms with Crippen molar-refractivity contribution in [3.05, 3.63) is 32.9 Å². The fraction of sp³-hybridized carbons (Fsp3) is 0.300. The number of nitrogens with zero attached hydrogens (tertiary/aromatic N) is 1. The number of carbonyl (C=O) groups is 1. The van der Waals surface area contributed by atoms with E-state index in [1.165, 1.54) is 19.9 Å². The molecule has 0 aliphatic rings. The van der Waals surface area contributed by atoms with Gasteiger partial charge in [0.25, 0.3) is 5.69 Å². The summed E-state index contributed by atoms with van der Waals surface area (Å²) >= 11 is 0. The molecule has 0 unspecified atom stereocenters. The molecule has 0 saturated carbocycles. The van der Waals surface area contributed by atoms with Crippen LogP contribution in [-0.4, -0.2) is 21.1 Å². The first-order valence-corrected chi connectivity index (χ1v) is 4.73. The number of carboxylic acid groups (broad SMARTS) is 1. The lowest BCUT2D eigenvalue weighted by Gasteiger charge is -2.14. The Kier molecular flexibility index (Phi) is 3.33. The number of carboxylic acids is 1. The normalized spacial score (nSPS) is 12.2. The Labute approximate surface area is 96.6 Å². The number of rotatable bonds is 3. The highest BCUT2D eigenvalue weighted by atomic mass is 16.6. The molecule has 17 heavy (non-hydrogen) atoms. The third-order valence-electron chi connectivity index (χ3n) is 2.54. The van der Waals surface area contributed by atoms with E-state index in [9.17, 15) is 20.0 Å². The fourth-order valence-corrected chi connectivity index (χ4v) is 1.60. The molecule has 1 aromatic carbocycles. The van der Waals surface area contributed by atoms with Crippen LogP contribution in [0.2, 0.25) is 0 Å². The number of phenols is 1. The first kappa shape index (κ1) is 12.9. The van der Waals surface area contributed by atoms with Gasteiger partial charge in [0, 0.05) is 17.2 Å². The molecule has 0 heterocycles. The topological polar surface area (TPSA) is 127 Å². The van der Waals surface area contributed by atoms with E-state index >= 15 is 0 Å². The van der Waals surface area contributed by atoms with Crippen LogP contribution in [0.1, 0.15) is 22.7 Å². The van der Waals surface area contributed by atoms with Crippen molar-refractivity contribution in [2.75, 3.05) is 0 Å². The van der Waals surface area contributed by atoms with Crippen LogP contribution in [0.4, 0.5) is 5.69 Å². The minimum Gasteiger partial charge on any atom is -0.507 e. The van der Waals surface area contributed by atoms with Gasteiger partial charge in [0.2, 0.25) is 0 Å². The summed E-state index contributed by atoms with van der Waals surface area (Å²) in [5, 5.41) is 29.3. The Hall–Kier alpha value is -2.15. The molecule has 92 valence electrons. The Bertz CT molecular complexity index is 498. The van der Waals surface area contributed by atoms with Gasteiger partial charge < -0.3 is 15.9 Å². The third kappa shape index (κ3) is 2.18. The molecule has 0 aromatic heterocycles. The van der Waals surface area contributed by atoms with Crippen molar-refractivity contribution in [3.63, 3.8) is 0 Å². The smallest absolute Gasteiger partial charge is 0.325 e. The zero-order valence-electron chi connectivity index (χ0n) is 9.30. The summed E-state index contributed by atoms with van der Waals surface area (Å²) in [5.41, 5.74) is 5.30. The van der Waals surface area contributed by atoms with Gasteiger partial charge in [0.05, 0.1) is 4.92 Å². The quantitative estimate of drug-likeness (QED) is 0.534. The molecule has 0 radical (unpaired) electrons. The Morgan fingerprint density at radius 3 is 2.47 bits per heavy atom. The number of nitro benzene ring substituents is 1. The molecule has 0 saturated heterocycles. The second-order valence-electron chi connectivity index (χ2n) is 3.67. The lowest BCUT2D eigenvalue weighted by molar-refractivity contribution is -0.385. The Balaban J connectivity index is 3.58. The Morgan fingerprint density at radius 1 is 1.53 bits per heavy atom. The standard InChI is InChI=1S/C10H12N2O5/c1-4-3-6(12(16)17)5(2)7(9(4)13)8(11)10(14)15/h3,8,13H,11H2,1-2H3,(H,14,15)/t8-/m0/s1. The van der Waals surface area contributed by atoms with Crippen molar-refractivity contribution in [1.29, 1.82) is 0 Å².